The number of fused-ring (bicyclic) bond motifs is 1. The molecule has 0 aliphatic rings. The summed E-state index contributed by atoms with van der Waals surface area (Å²) in [7, 11) is 1.52. The second-order valence-electron chi connectivity index (χ2n) is 7.06. The number of para-hydroxylation sites is 1. The number of methoxy groups -OCH3 is 1. The van der Waals surface area contributed by atoms with Gasteiger partial charge in [0.2, 0.25) is 0 Å². The minimum absolute atomic E-state index is 0.212. The molecule has 0 bridgehead atoms. The summed E-state index contributed by atoms with van der Waals surface area (Å²) in [6.07, 6.45) is 1.51. The summed E-state index contributed by atoms with van der Waals surface area (Å²) in [5.74, 6) is 0.336. The Morgan fingerprint density at radius 3 is 2.47 bits per heavy atom. The zero-order valence-corrected chi connectivity index (χ0v) is 17.4. The van der Waals surface area contributed by atoms with Gasteiger partial charge in [-0.15, -0.1) is 0 Å². The number of nitrogens with one attached hydrogen (secondary N) is 1. The number of hydrogen-bond donors (Lipinski definition) is 1. The molecule has 0 saturated carbocycles. The molecule has 1 N–H and O–H groups in total. The van der Waals surface area contributed by atoms with Crippen LogP contribution in [0.3, 0.4) is 0 Å². The number of benzene rings is 4. The number of carbonyl (C=O) groups is 1. The number of nitrogens with zero attached hydrogens (tertiary/aromatic N) is 1. The zero-order chi connectivity index (χ0) is 22.3. The summed E-state index contributed by atoms with van der Waals surface area (Å²) in [6.45, 7) is 0.212. The highest BCUT2D eigenvalue weighted by atomic mass is 19.1. The molecule has 160 valence electrons. The van der Waals surface area contributed by atoms with Gasteiger partial charge in [0.05, 0.1) is 18.9 Å². The van der Waals surface area contributed by atoms with Gasteiger partial charge in [0.1, 0.15) is 23.9 Å². The van der Waals surface area contributed by atoms with Crippen LogP contribution in [0, 0.1) is 5.82 Å². The Labute approximate surface area is 185 Å². The Hall–Kier alpha value is -4.19. The first-order chi connectivity index (χ1) is 15.6. The van der Waals surface area contributed by atoms with E-state index in [4.69, 9.17) is 9.47 Å². The van der Waals surface area contributed by atoms with Crippen molar-refractivity contribution in [3.63, 3.8) is 0 Å². The van der Waals surface area contributed by atoms with Crippen LogP contribution >= 0.6 is 0 Å². The maximum absolute atomic E-state index is 13.4. The van der Waals surface area contributed by atoms with Gasteiger partial charge < -0.3 is 9.47 Å². The summed E-state index contributed by atoms with van der Waals surface area (Å²) in [5.41, 5.74) is 4.32. The van der Waals surface area contributed by atoms with Crippen molar-refractivity contribution in [2.24, 2.45) is 5.10 Å². The maximum Gasteiger partial charge on any atom is 0.275 e. The van der Waals surface area contributed by atoms with Crippen molar-refractivity contribution < 1.29 is 18.7 Å². The molecule has 0 aliphatic heterocycles. The number of ether oxygens (including phenoxy) is 2. The quantitative estimate of drug-likeness (QED) is 0.320. The van der Waals surface area contributed by atoms with Crippen molar-refractivity contribution in [1.29, 1.82) is 0 Å². The summed E-state index contributed by atoms with van der Waals surface area (Å²) in [5, 5.41) is 5.99. The Morgan fingerprint density at radius 2 is 1.69 bits per heavy atom. The van der Waals surface area contributed by atoms with Crippen LogP contribution in [-0.2, 0) is 6.61 Å². The van der Waals surface area contributed by atoms with Crippen molar-refractivity contribution >= 4 is 22.9 Å². The van der Waals surface area contributed by atoms with E-state index in [0.717, 1.165) is 10.8 Å². The lowest BCUT2D eigenvalue weighted by Gasteiger charge is -2.10. The second-order valence-corrected chi connectivity index (χ2v) is 7.06. The molecule has 0 aromatic heterocycles. The molecule has 0 saturated heterocycles. The minimum Gasteiger partial charge on any atom is -0.496 e. The van der Waals surface area contributed by atoms with Crippen LogP contribution in [0.25, 0.3) is 10.8 Å². The van der Waals surface area contributed by atoms with E-state index in [9.17, 15) is 9.18 Å². The Bertz CT molecular complexity index is 1290. The highest BCUT2D eigenvalue weighted by molar-refractivity contribution is 6.02. The molecule has 6 heteroatoms. The maximum atomic E-state index is 13.4. The normalized spacial score (nSPS) is 10.9. The van der Waals surface area contributed by atoms with E-state index in [1.165, 1.54) is 25.5 Å². The molecule has 0 atom stereocenters. The van der Waals surface area contributed by atoms with Crippen LogP contribution in [0.2, 0.25) is 0 Å². The smallest absolute Gasteiger partial charge is 0.275 e. The molecule has 32 heavy (non-hydrogen) atoms. The van der Waals surface area contributed by atoms with Crippen LogP contribution in [0.4, 0.5) is 4.39 Å². The summed E-state index contributed by atoms with van der Waals surface area (Å²) < 4.78 is 24.6. The van der Waals surface area contributed by atoms with Gasteiger partial charge in [-0.2, -0.15) is 5.10 Å². The third kappa shape index (κ3) is 4.92. The van der Waals surface area contributed by atoms with Gasteiger partial charge in [0.25, 0.3) is 5.91 Å². The average molecular weight is 428 g/mol. The van der Waals surface area contributed by atoms with Gasteiger partial charge in [-0.3, -0.25) is 4.79 Å². The Morgan fingerprint density at radius 1 is 0.938 bits per heavy atom. The van der Waals surface area contributed by atoms with E-state index in [2.05, 4.69) is 10.5 Å². The number of hydrazone groups is 1. The van der Waals surface area contributed by atoms with E-state index in [-0.39, 0.29) is 18.3 Å². The van der Waals surface area contributed by atoms with Crippen molar-refractivity contribution in [1.82, 2.24) is 5.43 Å². The van der Waals surface area contributed by atoms with Crippen LogP contribution in [-0.4, -0.2) is 19.2 Å². The van der Waals surface area contributed by atoms with Gasteiger partial charge in [-0.25, -0.2) is 9.82 Å². The second kappa shape index (κ2) is 9.75. The summed E-state index contributed by atoms with van der Waals surface area (Å²) in [6, 6.07) is 24.8. The lowest BCUT2D eigenvalue weighted by molar-refractivity contribution is 0.0952. The first kappa shape index (κ1) is 21.1. The molecule has 0 radical (unpaired) electrons. The van der Waals surface area contributed by atoms with Gasteiger partial charge >= 0.3 is 0 Å². The Balaban J connectivity index is 1.47. The topological polar surface area (TPSA) is 59.9 Å². The van der Waals surface area contributed by atoms with Gasteiger partial charge in [-0.05, 0) is 52.7 Å². The van der Waals surface area contributed by atoms with Crippen LogP contribution in [0.15, 0.2) is 90.0 Å². The molecular weight excluding hydrogens is 407 g/mol. The van der Waals surface area contributed by atoms with Crippen LogP contribution in [0.5, 0.6) is 11.5 Å². The average Bonchev–Trinajstić information content (AvgIpc) is 2.82. The third-order valence-electron chi connectivity index (χ3n) is 4.88. The van der Waals surface area contributed by atoms with Crippen molar-refractivity contribution in [2.45, 2.75) is 6.61 Å². The van der Waals surface area contributed by atoms with E-state index >= 15 is 0 Å². The predicted molar refractivity (Wildman–Crippen MR) is 123 cm³/mol. The van der Waals surface area contributed by atoms with Crippen molar-refractivity contribution in [3.05, 3.63) is 107 Å². The molecule has 0 unspecified atom stereocenters. The molecule has 4 rings (SSSR count). The summed E-state index contributed by atoms with van der Waals surface area (Å²) in [4.78, 5) is 12.7. The fourth-order valence-electron chi connectivity index (χ4n) is 3.29. The highest BCUT2D eigenvalue weighted by Gasteiger charge is 2.13. The molecule has 0 spiro atoms. The monoisotopic (exact) mass is 428 g/mol. The number of rotatable bonds is 7. The van der Waals surface area contributed by atoms with E-state index in [1.807, 2.05) is 48.5 Å². The number of amides is 1. The molecule has 5 nitrogen and oxygen atoms in total. The zero-order valence-electron chi connectivity index (χ0n) is 17.4. The summed E-state index contributed by atoms with van der Waals surface area (Å²) >= 11 is 0. The highest BCUT2D eigenvalue weighted by Crippen LogP contribution is 2.26. The SMILES string of the molecule is COc1cc2ccccc2cc1C(=O)N/N=C\c1ccccc1OCc1cccc(F)c1. The first-order valence-corrected chi connectivity index (χ1v) is 10.0. The molecule has 4 aromatic rings. The van der Waals surface area contributed by atoms with Gasteiger partial charge in [-0.1, -0.05) is 48.5 Å². The van der Waals surface area contributed by atoms with Crippen LogP contribution < -0.4 is 14.9 Å². The van der Waals surface area contributed by atoms with Crippen molar-refractivity contribution in [2.75, 3.05) is 7.11 Å². The van der Waals surface area contributed by atoms with Crippen molar-refractivity contribution in [3.8, 4) is 11.5 Å². The molecule has 0 heterocycles. The molecule has 0 aliphatic carbocycles. The van der Waals surface area contributed by atoms with Crippen LogP contribution in [0.1, 0.15) is 21.5 Å². The molecule has 0 fully saturated rings. The first-order valence-electron chi connectivity index (χ1n) is 10.0. The fourth-order valence-corrected chi connectivity index (χ4v) is 3.29. The van der Waals surface area contributed by atoms with Gasteiger partial charge in [0.15, 0.2) is 0 Å². The number of halogens is 1. The third-order valence-corrected chi connectivity index (χ3v) is 4.88. The lowest BCUT2D eigenvalue weighted by atomic mass is 10.1. The minimum atomic E-state index is -0.387. The van der Waals surface area contributed by atoms with E-state index in [0.29, 0.717) is 28.2 Å². The largest absolute Gasteiger partial charge is 0.496 e. The molecule has 4 aromatic carbocycles. The van der Waals surface area contributed by atoms with E-state index in [1.54, 1.807) is 24.3 Å². The standard InChI is InChI=1S/C26H21FN2O3/c1-31-25-15-20-9-3-2-8-19(20)14-23(25)26(30)29-28-16-21-10-4-5-12-24(21)32-17-18-7-6-11-22(27)13-18/h2-16H,17H2,1H3,(H,29,30)/b28-16-. The number of carbonyl (C=O) groups excluding carboxylic acids is 1. The van der Waals surface area contributed by atoms with Gasteiger partial charge in [0, 0.05) is 5.56 Å². The lowest BCUT2D eigenvalue weighted by Crippen LogP contribution is -2.18. The molecule has 1 amide bonds. The Kier molecular flexibility index (Phi) is 6.41. The van der Waals surface area contributed by atoms with E-state index < -0.39 is 0 Å². The predicted octanol–water partition coefficient (Wildman–Crippen LogP) is 5.33. The molecular formula is C26H21FN2O3. The number of hydrogen-bond acceptors (Lipinski definition) is 4. The fraction of sp³-hybridized carbons (Fsp3) is 0.0769.